The van der Waals surface area contributed by atoms with Crippen LogP contribution in [0.3, 0.4) is 0 Å². The van der Waals surface area contributed by atoms with Crippen molar-refractivity contribution in [3.63, 3.8) is 0 Å². The minimum atomic E-state index is 0.704. The van der Waals surface area contributed by atoms with Crippen molar-refractivity contribution in [3.05, 3.63) is 17.5 Å². The van der Waals surface area contributed by atoms with Gasteiger partial charge in [-0.25, -0.2) is 0 Å². The van der Waals surface area contributed by atoms with E-state index in [0.29, 0.717) is 6.04 Å². The van der Waals surface area contributed by atoms with Crippen LogP contribution in [0.2, 0.25) is 0 Å². The fourth-order valence-corrected chi connectivity index (χ4v) is 3.04. The molecule has 2 rings (SSSR count). The fourth-order valence-electron chi connectivity index (χ4n) is 3.04. The largest absolute Gasteiger partial charge is 0.308 e. The van der Waals surface area contributed by atoms with E-state index in [0.717, 1.165) is 25.4 Å². The van der Waals surface area contributed by atoms with Gasteiger partial charge in [-0.3, -0.25) is 4.68 Å². The van der Waals surface area contributed by atoms with E-state index in [4.69, 9.17) is 0 Å². The molecule has 1 saturated carbocycles. The number of nitrogens with zero attached hydrogens (tertiary/aromatic N) is 2. The molecule has 2 unspecified atom stereocenters. The Morgan fingerprint density at radius 2 is 2.11 bits per heavy atom. The van der Waals surface area contributed by atoms with Gasteiger partial charge in [-0.1, -0.05) is 26.7 Å². The van der Waals surface area contributed by atoms with E-state index in [1.54, 1.807) is 0 Å². The molecular weight excluding hydrogens is 234 g/mol. The molecule has 1 fully saturated rings. The molecule has 1 aliphatic carbocycles. The van der Waals surface area contributed by atoms with Crippen molar-refractivity contribution in [1.82, 2.24) is 15.1 Å². The van der Waals surface area contributed by atoms with E-state index >= 15 is 0 Å². The fraction of sp³-hybridized carbons (Fsp3) is 0.812. The zero-order valence-electron chi connectivity index (χ0n) is 12.8. The van der Waals surface area contributed by atoms with Crippen LogP contribution in [0.15, 0.2) is 6.07 Å². The minimum Gasteiger partial charge on any atom is -0.308 e. The number of hydrogen-bond donors (Lipinski definition) is 1. The van der Waals surface area contributed by atoms with Crippen molar-refractivity contribution in [2.45, 2.75) is 78.4 Å². The third-order valence-electron chi connectivity index (χ3n) is 4.40. The van der Waals surface area contributed by atoms with Gasteiger partial charge < -0.3 is 5.32 Å². The maximum Gasteiger partial charge on any atom is 0.0625 e. The third kappa shape index (κ3) is 4.07. The average molecular weight is 263 g/mol. The van der Waals surface area contributed by atoms with Crippen molar-refractivity contribution in [2.24, 2.45) is 5.92 Å². The molecule has 0 spiro atoms. The Kier molecular flexibility index (Phi) is 5.44. The molecule has 1 aliphatic rings. The van der Waals surface area contributed by atoms with Gasteiger partial charge >= 0.3 is 0 Å². The molecule has 3 heteroatoms. The number of rotatable bonds is 5. The topological polar surface area (TPSA) is 29.9 Å². The van der Waals surface area contributed by atoms with Crippen LogP contribution in [0.4, 0.5) is 0 Å². The monoisotopic (exact) mass is 263 g/mol. The van der Waals surface area contributed by atoms with Gasteiger partial charge in [0.2, 0.25) is 0 Å². The summed E-state index contributed by atoms with van der Waals surface area (Å²) in [5, 5.41) is 8.37. The number of nitrogens with one attached hydrogen (secondary N) is 1. The van der Waals surface area contributed by atoms with Gasteiger partial charge in [0, 0.05) is 19.1 Å². The molecule has 0 aromatic carbocycles. The number of aryl methyl sites for hydroxylation is 2. The summed E-state index contributed by atoms with van der Waals surface area (Å²) in [7, 11) is 0. The maximum absolute atomic E-state index is 4.62. The predicted octanol–water partition coefficient (Wildman–Crippen LogP) is 3.52. The Hall–Kier alpha value is -0.830. The van der Waals surface area contributed by atoms with Crippen molar-refractivity contribution >= 4 is 0 Å². The summed E-state index contributed by atoms with van der Waals surface area (Å²) in [6, 6.07) is 2.96. The lowest BCUT2D eigenvalue weighted by Crippen LogP contribution is -2.29. The molecule has 1 aromatic rings. The molecule has 0 bridgehead atoms. The van der Waals surface area contributed by atoms with Gasteiger partial charge in [-0.15, -0.1) is 0 Å². The van der Waals surface area contributed by atoms with Crippen LogP contribution in [0, 0.1) is 5.92 Å². The summed E-state index contributed by atoms with van der Waals surface area (Å²) >= 11 is 0. The summed E-state index contributed by atoms with van der Waals surface area (Å²) < 4.78 is 2.14. The van der Waals surface area contributed by atoms with Gasteiger partial charge in [0.1, 0.15) is 0 Å². The average Bonchev–Trinajstić information content (AvgIpc) is 2.72. The van der Waals surface area contributed by atoms with E-state index in [-0.39, 0.29) is 0 Å². The summed E-state index contributed by atoms with van der Waals surface area (Å²) in [6.07, 6.45) is 7.87. The van der Waals surface area contributed by atoms with Gasteiger partial charge in [0.25, 0.3) is 0 Å². The summed E-state index contributed by atoms with van der Waals surface area (Å²) in [4.78, 5) is 0. The third-order valence-corrected chi connectivity index (χ3v) is 4.40. The molecule has 1 aromatic heterocycles. The van der Waals surface area contributed by atoms with Gasteiger partial charge in [-0.05, 0) is 44.6 Å². The highest BCUT2D eigenvalue weighted by Gasteiger charge is 2.16. The number of hydrogen-bond acceptors (Lipinski definition) is 2. The lowest BCUT2D eigenvalue weighted by atomic mass is 10.0. The standard InChI is InChI=1S/C16H29N3/c1-4-14-11-16(19(5-2)18-14)12-17-15-8-6-7-13(3)9-10-15/h11,13,15,17H,4-10,12H2,1-3H3. The minimum absolute atomic E-state index is 0.704. The highest BCUT2D eigenvalue weighted by molar-refractivity contribution is 5.10. The van der Waals surface area contributed by atoms with E-state index in [1.165, 1.54) is 43.5 Å². The molecule has 0 amide bonds. The first-order chi connectivity index (χ1) is 9.22. The van der Waals surface area contributed by atoms with Crippen LogP contribution in [-0.4, -0.2) is 15.8 Å². The molecule has 2 atom stereocenters. The molecule has 19 heavy (non-hydrogen) atoms. The van der Waals surface area contributed by atoms with Crippen molar-refractivity contribution < 1.29 is 0 Å². The van der Waals surface area contributed by atoms with Gasteiger partial charge in [0.15, 0.2) is 0 Å². The van der Waals surface area contributed by atoms with E-state index in [1.807, 2.05) is 0 Å². The number of aromatic nitrogens is 2. The molecule has 1 heterocycles. The van der Waals surface area contributed by atoms with Crippen molar-refractivity contribution in [3.8, 4) is 0 Å². The first-order valence-electron chi connectivity index (χ1n) is 8.01. The quantitative estimate of drug-likeness (QED) is 0.824. The zero-order chi connectivity index (χ0) is 13.7. The zero-order valence-corrected chi connectivity index (χ0v) is 12.8. The van der Waals surface area contributed by atoms with Crippen LogP contribution in [-0.2, 0) is 19.5 Å². The van der Waals surface area contributed by atoms with Crippen LogP contribution < -0.4 is 5.32 Å². The summed E-state index contributed by atoms with van der Waals surface area (Å²) in [5.41, 5.74) is 2.56. The lowest BCUT2D eigenvalue weighted by molar-refractivity contribution is 0.437. The lowest BCUT2D eigenvalue weighted by Gasteiger charge is -2.16. The summed E-state index contributed by atoms with van der Waals surface area (Å²) in [6.45, 7) is 8.68. The summed E-state index contributed by atoms with van der Waals surface area (Å²) in [5.74, 6) is 0.916. The first-order valence-corrected chi connectivity index (χ1v) is 8.01. The highest BCUT2D eigenvalue weighted by atomic mass is 15.3. The molecule has 1 N–H and O–H groups in total. The Morgan fingerprint density at radius 1 is 1.26 bits per heavy atom. The van der Waals surface area contributed by atoms with Crippen LogP contribution in [0.1, 0.15) is 64.3 Å². The Morgan fingerprint density at radius 3 is 2.84 bits per heavy atom. The van der Waals surface area contributed by atoms with Crippen molar-refractivity contribution in [2.75, 3.05) is 0 Å². The smallest absolute Gasteiger partial charge is 0.0625 e. The Bertz CT molecular complexity index is 383. The molecule has 0 saturated heterocycles. The van der Waals surface area contributed by atoms with Crippen molar-refractivity contribution in [1.29, 1.82) is 0 Å². The Balaban J connectivity index is 1.89. The van der Waals surface area contributed by atoms with Crippen LogP contribution in [0.5, 0.6) is 0 Å². The highest BCUT2D eigenvalue weighted by Crippen LogP contribution is 2.22. The van der Waals surface area contributed by atoms with E-state index in [2.05, 4.69) is 41.9 Å². The second-order valence-corrected chi connectivity index (χ2v) is 5.99. The Labute approximate surface area is 117 Å². The molecule has 0 aliphatic heterocycles. The molecular formula is C16H29N3. The molecule has 0 radical (unpaired) electrons. The van der Waals surface area contributed by atoms with E-state index in [9.17, 15) is 0 Å². The van der Waals surface area contributed by atoms with Crippen LogP contribution >= 0.6 is 0 Å². The van der Waals surface area contributed by atoms with Crippen LogP contribution in [0.25, 0.3) is 0 Å². The normalized spacial score (nSPS) is 24.4. The van der Waals surface area contributed by atoms with Gasteiger partial charge in [-0.2, -0.15) is 5.10 Å². The molecule has 108 valence electrons. The second kappa shape index (κ2) is 7.09. The van der Waals surface area contributed by atoms with E-state index < -0.39 is 0 Å². The van der Waals surface area contributed by atoms with Gasteiger partial charge in [0.05, 0.1) is 11.4 Å². The maximum atomic E-state index is 4.62. The SMILES string of the molecule is CCc1cc(CNC2CCCC(C)CC2)n(CC)n1. The first kappa shape index (κ1) is 14.6. The predicted molar refractivity (Wildman–Crippen MR) is 80.2 cm³/mol. The molecule has 3 nitrogen and oxygen atoms in total. The second-order valence-electron chi connectivity index (χ2n) is 5.99.